The maximum absolute atomic E-state index is 8.86. The Morgan fingerprint density at radius 1 is 1.19 bits per heavy atom. The Hall–Kier alpha value is -2.14. The third kappa shape index (κ3) is 1.94. The van der Waals surface area contributed by atoms with Gasteiger partial charge in [0.1, 0.15) is 0 Å². The zero-order valence-corrected chi connectivity index (χ0v) is 9.36. The molecule has 0 spiro atoms. The average molecular weight is 208 g/mol. The molecular weight excluding hydrogens is 196 g/mol. The predicted molar refractivity (Wildman–Crippen MR) is 63.9 cm³/mol. The molecule has 0 radical (unpaired) electrons. The maximum atomic E-state index is 8.86. The highest BCUT2D eigenvalue weighted by Gasteiger charge is 2.03. The van der Waals surface area contributed by atoms with Crippen molar-refractivity contribution in [2.24, 2.45) is 0 Å². The van der Waals surface area contributed by atoms with Crippen molar-refractivity contribution >= 4 is 0 Å². The van der Waals surface area contributed by atoms with Gasteiger partial charge in [0.15, 0.2) is 0 Å². The van der Waals surface area contributed by atoms with Crippen LogP contribution in [0.1, 0.15) is 16.8 Å². The van der Waals surface area contributed by atoms with Crippen LogP contribution in [-0.2, 0) is 0 Å². The fourth-order valence-corrected chi connectivity index (χ4v) is 1.76. The first-order valence-corrected chi connectivity index (χ1v) is 5.14. The molecule has 2 rings (SSSR count). The number of hydrogen-bond donors (Lipinski definition) is 0. The highest BCUT2D eigenvalue weighted by atomic mass is 14.7. The van der Waals surface area contributed by atoms with Gasteiger partial charge in [0, 0.05) is 17.5 Å². The summed E-state index contributed by atoms with van der Waals surface area (Å²) < 4.78 is 0. The van der Waals surface area contributed by atoms with Crippen LogP contribution in [0.25, 0.3) is 11.1 Å². The summed E-state index contributed by atoms with van der Waals surface area (Å²) in [7, 11) is 0. The molecule has 0 unspecified atom stereocenters. The summed E-state index contributed by atoms with van der Waals surface area (Å²) >= 11 is 0. The Kier molecular flexibility index (Phi) is 2.70. The molecule has 1 aromatic heterocycles. The van der Waals surface area contributed by atoms with Gasteiger partial charge in [-0.15, -0.1) is 0 Å². The molecule has 78 valence electrons. The van der Waals surface area contributed by atoms with E-state index in [0.29, 0.717) is 5.56 Å². The van der Waals surface area contributed by atoms with E-state index in [0.717, 1.165) is 16.8 Å². The van der Waals surface area contributed by atoms with Gasteiger partial charge in [-0.2, -0.15) is 5.26 Å². The van der Waals surface area contributed by atoms with Crippen LogP contribution in [0.3, 0.4) is 0 Å². The molecule has 1 aromatic carbocycles. The third-order valence-electron chi connectivity index (χ3n) is 2.55. The molecule has 0 amide bonds. The molecule has 0 aliphatic carbocycles. The Balaban J connectivity index is 2.55. The van der Waals surface area contributed by atoms with Crippen LogP contribution in [0.15, 0.2) is 36.5 Å². The van der Waals surface area contributed by atoms with Crippen molar-refractivity contribution < 1.29 is 0 Å². The number of rotatable bonds is 1. The van der Waals surface area contributed by atoms with Crippen LogP contribution < -0.4 is 0 Å². The maximum Gasteiger partial charge on any atom is 0.0991 e. The Labute approximate surface area is 95.2 Å². The van der Waals surface area contributed by atoms with Crippen LogP contribution in [0, 0.1) is 25.2 Å². The van der Waals surface area contributed by atoms with E-state index in [1.165, 1.54) is 5.56 Å². The molecule has 0 atom stereocenters. The van der Waals surface area contributed by atoms with Crippen molar-refractivity contribution in [2.75, 3.05) is 0 Å². The van der Waals surface area contributed by atoms with E-state index < -0.39 is 0 Å². The van der Waals surface area contributed by atoms with Crippen molar-refractivity contribution in [3.05, 3.63) is 53.3 Å². The van der Waals surface area contributed by atoms with Crippen LogP contribution in [0.2, 0.25) is 0 Å². The molecule has 0 saturated heterocycles. The zero-order valence-electron chi connectivity index (χ0n) is 9.36. The molecule has 16 heavy (non-hydrogen) atoms. The lowest BCUT2D eigenvalue weighted by Crippen LogP contribution is -1.88. The molecule has 2 nitrogen and oxygen atoms in total. The number of pyridine rings is 1. The second-order valence-corrected chi connectivity index (χ2v) is 3.83. The summed E-state index contributed by atoms with van der Waals surface area (Å²) in [5.41, 5.74) is 5.00. The van der Waals surface area contributed by atoms with E-state index in [-0.39, 0.29) is 0 Å². The number of nitriles is 1. The van der Waals surface area contributed by atoms with Crippen LogP contribution >= 0.6 is 0 Å². The second-order valence-electron chi connectivity index (χ2n) is 3.83. The second kappa shape index (κ2) is 4.16. The van der Waals surface area contributed by atoms with E-state index in [9.17, 15) is 0 Å². The number of benzene rings is 1. The lowest BCUT2D eigenvalue weighted by atomic mass is 10.0. The number of aryl methyl sites for hydroxylation is 2. The van der Waals surface area contributed by atoms with Gasteiger partial charge in [0.25, 0.3) is 0 Å². The van der Waals surface area contributed by atoms with Crippen molar-refractivity contribution in [1.29, 1.82) is 5.26 Å². The minimum absolute atomic E-state index is 0.678. The van der Waals surface area contributed by atoms with Gasteiger partial charge in [0.2, 0.25) is 0 Å². The largest absolute Gasteiger partial charge is 0.261 e. The van der Waals surface area contributed by atoms with Crippen LogP contribution in [-0.4, -0.2) is 4.98 Å². The first kappa shape index (κ1) is 10.4. The molecule has 2 aromatic rings. The summed E-state index contributed by atoms with van der Waals surface area (Å²) in [6.45, 7) is 4.03. The zero-order chi connectivity index (χ0) is 11.5. The highest BCUT2D eigenvalue weighted by molar-refractivity contribution is 5.67. The summed E-state index contributed by atoms with van der Waals surface area (Å²) in [5, 5.41) is 8.86. The van der Waals surface area contributed by atoms with Crippen molar-refractivity contribution in [2.45, 2.75) is 13.8 Å². The summed E-state index contributed by atoms with van der Waals surface area (Å²) in [4.78, 5) is 4.29. The van der Waals surface area contributed by atoms with E-state index in [1.54, 1.807) is 6.07 Å². The molecular formula is C14H12N2. The Morgan fingerprint density at radius 3 is 2.69 bits per heavy atom. The number of aromatic nitrogens is 1. The van der Waals surface area contributed by atoms with E-state index in [1.807, 2.05) is 37.4 Å². The van der Waals surface area contributed by atoms with Gasteiger partial charge in [-0.3, -0.25) is 4.98 Å². The van der Waals surface area contributed by atoms with E-state index in [2.05, 4.69) is 18.0 Å². The molecule has 0 fully saturated rings. The van der Waals surface area contributed by atoms with Crippen molar-refractivity contribution in [3.8, 4) is 17.2 Å². The van der Waals surface area contributed by atoms with Crippen LogP contribution in [0.4, 0.5) is 0 Å². The fraction of sp³-hybridized carbons (Fsp3) is 0.143. The topological polar surface area (TPSA) is 36.7 Å². The Morgan fingerprint density at radius 2 is 2.00 bits per heavy atom. The smallest absolute Gasteiger partial charge is 0.0991 e. The first-order valence-electron chi connectivity index (χ1n) is 5.14. The molecule has 0 aliphatic heterocycles. The minimum atomic E-state index is 0.678. The number of hydrogen-bond acceptors (Lipinski definition) is 2. The van der Waals surface area contributed by atoms with Crippen molar-refractivity contribution in [1.82, 2.24) is 4.98 Å². The first-order chi connectivity index (χ1) is 7.70. The lowest BCUT2D eigenvalue weighted by molar-refractivity contribution is 1.18. The van der Waals surface area contributed by atoms with Gasteiger partial charge < -0.3 is 0 Å². The van der Waals surface area contributed by atoms with Gasteiger partial charge in [-0.25, -0.2) is 0 Å². The summed E-state index contributed by atoms with van der Waals surface area (Å²) in [5.74, 6) is 0. The SMILES string of the molecule is Cc1cc(C)c(-c2cccc(C#N)c2)cn1. The van der Waals surface area contributed by atoms with E-state index >= 15 is 0 Å². The predicted octanol–water partition coefficient (Wildman–Crippen LogP) is 3.24. The van der Waals surface area contributed by atoms with E-state index in [4.69, 9.17) is 5.26 Å². The summed E-state index contributed by atoms with van der Waals surface area (Å²) in [6.07, 6.45) is 1.86. The lowest BCUT2D eigenvalue weighted by Gasteiger charge is -2.06. The monoisotopic (exact) mass is 208 g/mol. The molecule has 2 heteroatoms. The average Bonchev–Trinajstić information content (AvgIpc) is 2.29. The van der Waals surface area contributed by atoms with Crippen molar-refractivity contribution in [3.63, 3.8) is 0 Å². The highest BCUT2D eigenvalue weighted by Crippen LogP contribution is 2.23. The van der Waals surface area contributed by atoms with Crippen LogP contribution in [0.5, 0.6) is 0 Å². The molecule has 0 N–H and O–H groups in total. The molecule has 1 heterocycles. The fourth-order valence-electron chi connectivity index (χ4n) is 1.76. The van der Waals surface area contributed by atoms with Gasteiger partial charge in [-0.1, -0.05) is 12.1 Å². The molecule has 0 saturated carbocycles. The standard InChI is InChI=1S/C14H12N2/c1-10-6-11(2)16-9-14(10)13-5-3-4-12(7-13)8-15/h3-7,9H,1-2H3. The summed E-state index contributed by atoms with van der Waals surface area (Å²) in [6, 6.07) is 11.8. The van der Waals surface area contributed by atoms with Gasteiger partial charge in [0.05, 0.1) is 11.6 Å². The normalized spacial score (nSPS) is 9.81. The molecule has 0 bridgehead atoms. The minimum Gasteiger partial charge on any atom is -0.261 e. The van der Waals surface area contributed by atoms with Gasteiger partial charge >= 0.3 is 0 Å². The third-order valence-corrected chi connectivity index (χ3v) is 2.55. The quantitative estimate of drug-likeness (QED) is 0.721. The number of nitrogens with zero attached hydrogens (tertiary/aromatic N) is 2. The molecule has 0 aliphatic rings. The van der Waals surface area contributed by atoms with Gasteiger partial charge in [-0.05, 0) is 43.2 Å². The Bertz CT molecular complexity index is 565.